The smallest absolute Gasteiger partial charge is 0.265 e. The number of hydrogen-bond acceptors (Lipinski definition) is 5. The summed E-state index contributed by atoms with van der Waals surface area (Å²) in [6.45, 7) is 6.39. The monoisotopic (exact) mass is 426 g/mol. The van der Waals surface area contributed by atoms with E-state index in [9.17, 15) is 16.8 Å². The third-order valence-corrected chi connectivity index (χ3v) is 8.59. The number of nitrogens with zero attached hydrogens (tertiary/aromatic N) is 3. The van der Waals surface area contributed by atoms with Gasteiger partial charge in [0.25, 0.3) is 10.0 Å². The zero-order chi connectivity index (χ0) is 20.7. The van der Waals surface area contributed by atoms with Gasteiger partial charge in [-0.2, -0.15) is 9.40 Å². The van der Waals surface area contributed by atoms with Gasteiger partial charge in [0.15, 0.2) is 0 Å². The molecular formula is C18H26N4O4S2. The number of piperidine rings is 1. The predicted molar refractivity (Wildman–Crippen MR) is 107 cm³/mol. The summed E-state index contributed by atoms with van der Waals surface area (Å²) in [6, 6.07) is 5.82. The SMILES string of the molecule is Cc1nn(C)c(C)c1S(=O)(=O)Nc1ccc(S(=O)(=O)N2CCCC(C)C2)cc1. The Morgan fingerprint density at radius 2 is 1.75 bits per heavy atom. The van der Waals surface area contributed by atoms with E-state index in [1.54, 1.807) is 20.9 Å². The number of rotatable bonds is 5. The van der Waals surface area contributed by atoms with E-state index in [1.165, 1.54) is 33.3 Å². The van der Waals surface area contributed by atoms with Crippen molar-refractivity contribution in [3.63, 3.8) is 0 Å². The van der Waals surface area contributed by atoms with Gasteiger partial charge in [0, 0.05) is 25.8 Å². The highest BCUT2D eigenvalue weighted by Gasteiger charge is 2.29. The first-order valence-electron chi connectivity index (χ1n) is 9.15. The molecule has 28 heavy (non-hydrogen) atoms. The third kappa shape index (κ3) is 3.94. The van der Waals surface area contributed by atoms with Crippen LogP contribution in [0.3, 0.4) is 0 Å². The van der Waals surface area contributed by atoms with Crippen LogP contribution < -0.4 is 4.72 Å². The summed E-state index contributed by atoms with van der Waals surface area (Å²) in [6.07, 6.45) is 1.88. The third-order valence-electron chi connectivity index (χ3n) is 5.08. The Morgan fingerprint density at radius 1 is 1.11 bits per heavy atom. The van der Waals surface area contributed by atoms with Crippen molar-refractivity contribution < 1.29 is 16.8 Å². The lowest BCUT2D eigenvalue weighted by Gasteiger charge is -2.30. The van der Waals surface area contributed by atoms with Gasteiger partial charge in [0.2, 0.25) is 10.0 Å². The first kappa shape index (κ1) is 20.8. The Labute approximate surface area is 166 Å². The lowest BCUT2D eigenvalue weighted by Crippen LogP contribution is -2.39. The second-order valence-corrected chi connectivity index (χ2v) is 10.9. The van der Waals surface area contributed by atoms with E-state index in [0.29, 0.717) is 36.1 Å². The van der Waals surface area contributed by atoms with Gasteiger partial charge in [-0.15, -0.1) is 0 Å². The molecule has 1 fully saturated rings. The molecule has 0 saturated carbocycles. The average Bonchev–Trinajstić information content (AvgIpc) is 2.87. The van der Waals surface area contributed by atoms with Crippen molar-refractivity contribution >= 4 is 25.7 Å². The van der Waals surface area contributed by atoms with Gasteiger partial charge < -0.3 is 0 Å². The van der Waals surface area contributed by atoms with E-state index in [-0.39, 0.29) is 9.79 Å². The van der Waals surface area contributed by atoms with Crippen molar-refractivity contribution in [3.8, 4) is 0 Å². The summed E-state index contributed by atoms with van der Waals surface area (Å²) in [5.74, 6) is 0.334. The van der Waals surface area contributed by atoms with Crippen molar-refractivity contribution in [2.24, 2.45) is 13.0 Å². The van der Waals surface area contributed by atoms with Gasteiger partial charge in [-0.3, -0.25) is 9.40 Å². The van der Waals surface area contributed by atoms with Crippen LogP contribution in [0.4, 0.5) is 5.69 Å². The van der Waals surface area contributed by atoms with Gasteiger partial charge in [0.1, 0.15) is 4.90 Å². The summed E-state index contributed by atoms with van der Waals surface area (Å²) < 4.78 is 56.6. The number of aromatic nitrogens is 2. The lowest BCUT2D eigenvalue weighted by atomic mass is 10.0. The second kappa shape index (κ2) is 7.49. The molecule has 0 amide bonds. The number of nitrogens with one attached hydrogen (secondary N) is 1. The summed E-state index contributed by atoms with van der Waals surface area (Å²) in [5.41, 5.74) is 1.24. The van der Waals surface area contributed by atoms with Crippen LogP contribution in [0.2, 0.25) is 0 Å². The first-order chi connectivity index (χ1) is 13.0. The molecule has 1 unspecified atom stereocenters. The van der Waals surface area contributed by atoms with Gasteiger partial charge in [0.05, 0.1) is 16.3 Å². The Bertz CT molecular complexity index is 1070. The van der Waals surface area contributed by atoms with Crippen LogP contribution in [0.5, 0.6) is 0 Å². The highest BCUT2D eigenvalue weighted by molar-refractivity contribution is 7.92. The van der Waals surface area contributed by atoms with Crippen LogP contribution in [0.25, 0.3) is 0 Å². The highest BCUT2D eigenvalue weighted by Crippen LogP contribution is 2.26. The number of aryl methyl sites for hydroxylation is 2. The maximum Gasteiger partial charge on any atom is 0.265 e. The fourth-order valence-corrected chi connectivity index (χ4v) is 6.66. The van der Waals surface area contributed by atoms with E-state index in [0.717, 1.165) is 12.8 Å². The molecule has 8 nitrogen and oxygen atoms in total. The topological polar surface area (TPSA) is 101 Å². The van der Waals surface area contributed by atoms with Gasteiger partial charge in [-0.05, 0) is 56.9 Å². The molecule has 1 aromatic heterocycles. The van der Waals surface area contributed by atoms with Crippen molar-refractivity contribution in [1.82, 2.24) is 14.1 Å². The summed E-state index contributed by atoms with van der Waals surface area (Å²) in [4.78, 5) is 0.298. The maximum absolute atomic E-state index is 12.8. The Hall–Kier alpha value is -1.91. The molecule has 0 bridgehead atoms. The van der Waals surface area contributed by atoms with Crippen molar-refractivity contribution in [3.05, 3.63) is 35.7 Å². The quantitative estimate of drug-likeness (QED) is 0.790. The van der Waals surface area contributed by atoms with E-state index in [2.05, 4.69) is 9.82 Å². The van der Waals surface area contributed by atoms with Gasteiger partial charge in [-0.25, -0.2) is 16.8 Å². The Morgan fingerprint density at radius 3 is 2.29 bits per heavy atom. The van der Waals surface area contributed by atoms with Crippen molar-refractivity contribution in [2.45, 2.75) is 43.4 Å². The van der Waals surface area contributed by atoms with E-state index in [1.807, 2.05) is 6.92 Å². The number of anilines is 1. The van der Waals surface area contributed by atoms with E-state index in [4.69, 9.17) is 0 Å². The molecule has 2 heterocycles. The van der Waals surface area contributed by atoms with Crippen molar-refractivity contribution in [2.75, 3.05) is 17.8 Å². The minimum absolute atomic E-state index is 0.133. The molecule has 1 aromatic carbocycles. The molecule has 1 N–H and O–H groups in total. The zero-order valence-corrected chi connectivity index (χ0v) is 18.1. The fraction of sp³-hybridized carbons (Fsp3) is 0.500. The molecule has 3 rings (SSSR count). The number of benzene rings is 1. The molecule has 2 aromatic rings. The molecule has 1 atom stereocenters. The lowest BCUT2D eigenvalue weighted by molar-refractivity contribution is 0.281. The molecule has 1 aliphatic rings. The van der Waals surface area contributed by atoms with Gasteiger partial charge in [-0.1, -0.05) is 6.92 Å². The molecule has 0 radical (unpaired) electrons. The number of hydrogen-bond donors (Lipinski definition) is 1. The van der Waals surface area contributed by atoms with Crippen LogP contribution >= 0.6 is 0 Å². The highest BCUT2D eigenvalue weighted by atomic mass is 32.2. The maximum atomic E-state index is 12.8. The molecule has 10 heteroatoms. The fourth-order valence-electron chi connectivity index (χ4n) is 3.56. The van der Waals surface area contributed by atoms with Gasteiger partial charge >= 0.3 is 0 Å². The molecule has 154 valence electrons. The predicted octanol–water partition coefficient (Wildman–Crippen LogP) is 2.26. The van der Waals surface area contributed by atoms with Crippen LogP contribution in [-0.2, 0) is 27.1 Å². The average molecular weight is 427 g/mol. The van der Waals surface area contributed by atoms with Crippen LogP contribution in [-0.4, -0.2) is 44.0 Å². The van der Waals surface area contributed by atoms with Crippen LogP contribution in [0.15, 0.2) is 34.1 Å². The van der Waals surface area contributed by atoms with Crippen LogP contribution in [0.1, 0.15) is 31.2 Å². The normalized spacial score (nSPS) is 18.9. The minimum atomic E-state index is -3.82. The molecule has 1 aliphatic heterocycles. The van der Waals surface area contributed by atoms with E-state index < -0.39 is 20.0 Å². The molecule has 0 aliphatic carbocycles. The molecule has 0 spiro atoms. The first-order valence-corrected chi connectivity index (χ1v) is 12.1. The largest absolute Gasteiger partial charge is 0.280 e. The summed E-state index contributed by atoms with van der Waals surface area (Å²) in [7, 11) is -5.72. The minimum Gasteiger partial charge on any atom is -0.280 e. The standard InChI is InChI=1S/C18H26N4O4S2/c1-13-6-5-11-22(12-13)28(25,26)17-9-7-16(8-10-17)20-27(23,24)18-14(2)19-21(4)15(18)3/h7-10,13,20H,5-6,11-12H2,1-4H3. The summed E-state index contributed by atoms with van der Waals surface area (Å²) in [5, 5.41) is 4.14. The molecular weight excluding hydrogens is 400 g/mol. The molecule has 1 saturated heterocycles. The number of sulfonamides is 2. The Balaban J connectivity index is 1.83. The zero-order valence-electron chi connectivity index (χ0n) is 16.5. The Kier molecular flexibility index (Phi) is 5.57. The summed E-state index contributed by atoms with van der Waals surface area (Å²) >= 11 is 0. The second-order valence-electron chi connectivity index (χ2n) is 7.36. The van der Waals surface area contributed by atoms with E-state index >= 15 is 0 Å². The van der Waals surface area contributed by atoms with Crippen LogP contribution in [0, 0.1) is 19.8 Å². The van der Waals surface area contributed by atoms with Crippen molar-refractivity contribution in [1.29, 1.82) is 0 Å².